The number of hydrogen-bond donors (Lipinski definition) is 2. The SMILES string of the molecule is O=C(Nc1ccc([N+](=O)[O-])c(Cl)c1)NC1CCOC(C2CC2)C1. The van der Waals surface area contributed by atoms with Gasteiger partial charge in [0.25, 0.3) is 5.69 Å². The molecule has 0 radical (unpaired) electrons. The Hall–Kier alpha value is -1.86. The van der Waals surface area contributed by atoms with Crippen molar-refractivity contribution in [1.82, 2.24) is 5.32 Å². The number of nitro groups is 1. The summed E-state index contributed by atoms with van der Waals surface area (Å²) < 4.78 is 5.73. The number of hydrogen-bond acceptors (Lipinski definition) is 4. The molecule has 23 heavy (non-hydrogen) atoms. The fourth-order valence-corrected chi connectivity index (χ4v) is 3.09. The summed E-state index contributed by atoms with van der Waals surface area (Å²) in [5.74, 6) is 0.649. The molecule has 0 aromatic heterocycles. The molecular formula is C15H18ClN3O4. The summed E-state index contributed by atoms with van der Waals surface area (Å²) in [5, 5.41) is 16.3. The van der Waals surface area contributed by atoms with Crippen LogP contribution in [0.3, 0.4) is 0 Å². The van der Waals surface area contributed by atoms with Crippen LogP contribution >= 0.6 is 11.6 Å². The van der Waals surface area contributed by atoms with Gasteiger partial charge in [0, 0.05) is 24.4 Å². The Labute approximate surface area is 138 Å². The van der Waals surface area contributed by atoms with Crippen LogP contribution in [0.2, 0.25) is 5.02 Å². The molecule has 124 valence electrons. The van der Waals surface area contributed by atoms with E-state index in [4.69, 9.17) is 16.3 Å². The normalized spacial score (nSPS) is 24.0. The first-order valence-corrected chi connectivity index (χ1v) is 8.04. The average molecular weight is 340 g/mol. The monoisotopic (exact) mass is 339 g/mol. The number of urea groups is 1. The first-order valence-electron chi connectivity index (χ1n) is 7.66. The number of anilines is 1. The highest BCUT2D eigenvalue weighted by Gasteiger charge is 2.36. The molecule has 1 heterocycles. The molecule has 1 aromatic rings. The van der Waals surface area contributed by atoms with Crippen molar-refractivity contribution in [2.45, 2.75) is 37.8 Å². The maximum absolute atomic E-state index is 12.1. The number of halogens is 1. The van der Waals surface area contributed by atoms with Crippen LogP contribution in [-0.2, 0) is 4.74 Å². The van der Waals surface area contributed by atoms with Gasteiger partial charge in [-0.2, -0.15) is 0 Å². The molecule has 2 aliphatic rings. The number of carbonyl (C=O) groups is 1. The molecule has 7 nitrogen and oxygen atoms in total. The van der Waals surface area contributed by atoms with Gasteiger partial charge in [-0.05, 0) is 43.7 Å². The summed E-state index contributed by atoms with van der Waals surface area (Å²) in [7, 11) is 0. The minimum absolute atomic E-state index is 0.00679. The van der Waals surface area contributed by atoms with E-state index in [2.05, 4.69) is 10.6 Å². The molecule has 1 aliphatic carbocycles. The highest BCUT2D eigenvalue weighted by molar-refractivity contribution is 6.33. The van der Waals surface area contributed by atoms with Crippen molar-refractivity contribution in [2.24, 2.45) is 5.92 Å². The Morgan fingerprint density at radius 3 is 2.78 bits per heavy atom. The predicted octanol–water partition coefficient (Wildman–Crippen LogP) is 3.33. The maximum Gasteiger partial charge on any atom is 0.319 e. The van der Waals surface area contributed by atoms with E-state index in [-0.39, 0.29) is 28.9 Å². The highest BCUT2D eigenvalue weighted by atomic mass is 35.5. The molecule has 0 bridgehead atoms. The van der Waals surface area contributed by atoms with E-state index in [1.165, 1.54) is 31.0 Å². The van der Waals surface area contributed by atoms with Gasteiger partial charge in [-0.3, -0.25) is 10.1 Å². The summed E-state index contributed by atoms with van der Waals surface area (Å²) in [6.07, 6.45) is 4.30. The van der Waals surface area contributed by atoms with Crippen LogP contribution in [0.5, 0.6) is 0 Å². The molecule has 1 saturated heterocycles. The summed E-state index contributed by atoms with van der Waals surface area (Å²) in [4.78, 5) is 22.2. The largest absolute Gasteiger partial charge is 0.378 e. The maximum atomic E-state index is 12.1. The van der Waals surface area contributed by atoms with Crippen LogP contribution in [0.25, 0.3) is 0 Å². The second-order valence-electron chi connectivity index (χ2n) is 5.99. The molecule has 2 atom stereocenters. The van der Waals surface area contributed by atoms with Gasteiger partial charge in [0.2, 0.25) is 0 Å². The van der Waals surface area contributed by atoms with Crippen molar-refractivity contribution < 1.29 is 14.5 Å². The van der Waals surface area contributed by atoms with Gasteiger partial charge in [-0.25, -0.2) is 4.79 Å². The zero-order valence-corrected chi connectivity index (χ0v) is 13.2. The van der Waals surface area contributed by atoms with E-state index in [0.29, 0.717) is 18.2 Å². The number of nitro benzene ring substituents is 1. The number of ether oxygens (including phenoxy) is 1. The molecule has 3 rings (SSSR count). The molecule has 0 spiro atoms. The summed E-state index contributed by atoms with van der Waals surface area (Å²) in [6.45, 7) is 0.662. The lowest BCUT2D eigenvalue weighted by Crippen LogP contribution is -2.44. The number of nitrogens with one attached hydrogen (secondary N) is 2. The average Bonchev–Trinajstić information content (AvgIpc) is 3.31. The molecule has 2 fully saturated rings. The second-order valence-corrected chi connectivity index (χ2v) is 6.40. The third kappa shape index (κ3) is 4.11. The van der Waals surface area contributed by atoms with Crippen LogP contribution in [0.1, 0.15) is 25.7 Å². The van der Waals surface area contributed by atoms with Gasteiger partial charge < -0.3 is 15.4 Å². The summed E-state index contributed by atoms with van der Waals surface area (Å²) in [5.41, 5.74) is 0.234. The van der Waals surface area contributed by atoms with Crippen molar-refractivity contribution in [3.63, 3.8) is 0 Å². The summed E-state index contributed by atoms with van der Waals surface area (Å²) >= 11 is 5.83. The van der Waals surface area contributed by atoms with E-state index in [9.17, 15) is 14.9 Å². The lowest BCUT2D eigenvalue weighted by atomic mass is 10.0. The molecule has 1 aliphatic heterocycles. The van der Waals surface area contributed by atoms with E-state index in [1.54, 1.807) is 0 Å². The Bertz CT molecular complexity index is 621. The summed E-state index contributed by atoms with van der Waals surface area (Å²) in [6, 6.07) is 3.85. The molecule has 1 aromatic carbocycles. The quantitative estimate of drug-likeness (QED) is 0.650. The zero-order valence-electron chi connectivity index (χ0n) is 12.5. The first kappa shape index (κ1) is 16.0. The standard InChI is InChI=1S/C15H18ClN3O4/c16-12-7-10(3-4-13(12)19(21)22)17-15(20)18-11-5-6-23-14(8-11)9-1-2-9/h3-4,7,9,11,14H,1-2,5-6,8H2,(H2,17,18,20). The van der Waals surface area contributed by atoms with E-state index < -0.39 is 4.92 Å². The topological polar surface area (TPSA) is 93.5 Å². The predicted molar refractivity (Wildman–Crippen MR) is 85.7 cm³/mol. The number of nitrogens with zero attached hydrogens (tertiary/aromatic N) is 1. The van der Waals surface area contributed by atoms with Gasteiger partial charge in [0.15, 0.2) is 0 Å². The molecule has 8 heteroatoms. The lowest BCUT2D eigenvalue weighted by molar-refractivity contribution is -0.384. The molecule has 2 unspecified atom stereocenters. The third-order valence-electron chi connectivity index (χ3n) is 4.20. The van der Waals surface area contributed by atoms with Gasteiger partial charge in [0.1, 0.15) is 5.02 Å². The number of amides is 2. The van der Waals surface area contributed by atoms with Crippen LogP contribution < -0.4 is 10.6 Å². The Kier molecular flexibility index (Phi) is 4.68. The Balaban J connectivity index is 1.54. The fraction of sp³-hybridized carbons (Fsp3) is 0.533. The van der Waals surface area contributed by atoms with Crippen molar-refractivity contribution in [3.8, 4) is 0 Å². The lowest BCUT2D eigenvalue weighted by Gasteiger charge is -2.30. The zero-order chi connectivity index (χ0) is 16.4. The van der Waals surface area contributed by atoms with E-state index in [1.807, 2.05) is 0 Å². The fourth-order valence-electron chi connectivity index (χ4n) is 2.84. The van der Waals surface area contributed by atoms with Crippen molar-refractivity contribution >= 4 is 29.0 Å². The van der Waals surface area contributed by atoms with Gasteiger partial charge >= 0.3 is 6.03 Å². The number of carbonyl (C=O) groups excluding carboxylic acids is 1. The van der Waals surface area contributed by atoms with E-state index in [0.717, 1.165) is 12.8 Å². The Morgan fingerprint density at radius 1 is 1.35 bits per heavy atom. The van der Waals surface area contributed by atoms with Gasteiger partial charge in [0.05, 0.1) is 11.0 Å². The van der Waals surface area contributed by atoms with Gasteiger partial charge in [-0.1, -0.05) is 11.6 Å². The van der Waals surface area contributed by atoms with Gasteiger partial charge in [-0.15, -0.1) is 0 Å². The minimum Gasteiger partial charge on any atom is -0.378 e. The molecular weight excluding hydrogens is 322 g/mol. The van der Waals surface area contributed by atoms with Crippen molar-refractivity contribution in [3.05, 3.63) is 33.3 Å². The van der Waals surface area contributed by atoms with Crippen LogP contribution in [0.15, 0.2) is 18.2 Å². The minimum atomic E-state index is -0.563. The molecule has 2 amide bonds. The van der Waals surface area contributed by atoms with Crippen LogP contribution in [-0.4, -0.2) is 29.7 Å². The van der Waals surface area contributed by atoms with Crippen LogP contribution in [0.4, 0.5) is 16.2 Å². The van der Waals surface area contributed by atoms with E-state index >= 15 is 0 Å². The number of rotatable bonds is 4. The smallest absolute Gasteiger partial charge is 0.319 e. The molecule has 1 saturated carbocycles. The van der Waals surface area contributed by atoms with Crippen molar-refractivity contribution in [1.29, 1.82) is 0 Å². The Morgan fingerprint density at radius 2 is 2.13 bits per heavy atom. The van der Waals surface area contributed by atoms with Crippen LogP contribution in [0, 0.1) is 16.0 Å². The third-order valence-corrected chi connectivity index (χ3v) is 4.50. The van der Waals surface area contributed by atoms with Crippen molar-refractivity contribution in [2.75, 3.05) is 11.9 Å². The number of benzene rings is 1. The highest BCUT2D eigenvalue weighted by Crippen LogP contribution is 2.38. The first-order chi connectivity index (χ1) is 11.0. The molecule has 2 N–H and O–H groups in total. The second kappa shape index (κ2) is 6.72.